The van der Waals surface area contributed by atoms with Crippen LogP contribution < -0.4 is 0 Å². The van der Waals surface area contributed by atoms with E-state index in [1.54, 1.807) is 0 Å². The number of esters is 4. The highest BCUT2D eigenvalue weighted by atomic mass is 31.2. The lowest BCUT2D eigenvalue weighted by Gasteiger charge is -2.21. The van der Waals surface area contributed by atoms with Crippen LogP contribution in [0.4, 0.5) is 0 Å². The van der Waals surface area contributed by atoms with Gasteiger partial charge in [0.2, 0.25) is 0 Å². The van der Waals surface area contributed by atoms with E-state index in [9.17, 15) is 43.2 Å². The molecular formula is C69H134O17P2. The van der Waals surface area contributed by atoms with Gasteiger partial charge in [0.1, 0.15) is 19.3 Å². The van der Waals surface area contributed by atoms with E-state index in [0.29, 0.717) is 31.6 Å². The van der Waals surface area contributed by atoms with Crippen LogP contribution >= 0.6 is 15.6 Å². The molecule has 0 amide bonds. The van der Waals surface area contributed by atoms with Crippen molar-refractivity contribution in [2.45, 2.75) is 356 Å². The number of hydrogen-bond donors (Lipinski definition) is 3. The molecule has 0 aliphatic rings. The molecule has 0 aromatic rings. The fraction of sp³-hybridized carbons (Fsp3) is 0.942. The van der Waals surface area contributed by atoms with Crippen molar-refractivity contribution in [2.24, 2.45) is 23.7 Å². The Balaban J connectivity index is 5.23. The van der Waals surface area contributed by atoms with Crippen LogP contribution in [0.2, 0.25) is 0 Å². The first-order chi connectivity index (χ1) is 42.1. The summed E-state index contributed by atoms with van der Waals surface area (Å²) in [6, 6.07) is 0. The second-order valence-electron chi connectivity index (χ2n) is 26.6. The monoisotopic (exact) mass is 1300 g/mol. The molecule has 0 rings (SSSR count). The predicted molar refractivity (Wildman–Crippen MR) is 354 cm³/mol. The van der Waals surface area contributed by atoms with E-state index >= 15 is 0 Å². The second kappa shape index (κ2) is 58.8. The molecule has 0 saturated heterocycles. The normalized spacial score (nSPS) is 14.6. The van der Waals surface area contributed by atoms with Gasteiger partial charge in [0.05, 0.1) is 26.4 Å². The SMILES string of the molecule is CCC(C)CCCCCCCCC(=O)OC[C@H](COP(=O)(O)OCC(O)COP(=O)(O)OC[C@@H](COC(=O)CCCCCCCCCC(C)C)OC(=O)CCCCCCCCCCC(C)C)OC(=O)CCCCCCCCCCCCCCCCC(C)C. The lowest BCUT2D eigenvalue weighted by Crippen LogP contribution is -2.30. The maximum absolute atomic E-state index is 13.0. The Labute approximate surface area is 537 Å². The van der Waals surface area contributed by atoms with E-state index in [1.165, 1.54) is 128 Å². The van der Waals surface area contributed by atoms with Crippen LogP contribution in [0.5, 0.6) is 0 Å². The first-order valence-electron chi connectivity index (χ1n) is 35.7. The van der Waals surface area contributed by atoms with Crippen LogP contribution in [-0.2, 0) is 65.4 Å². The summed E-state index contributed by atoms with van der Waals surface area (Å²) in [7, 11) is -9.90. The van der Waals surface area contributed by atoms with E-state index in [1.807, 2.05) is 0 Å². The third-order valence-corrected chi connectivity index (χ3v) is 18.1. The smallest absolute Gasteiger partial charge is 0.462 e. The van der Waals surface area contributed by atoms with Gasteiger partial charge in [0.15, 0.2) is 12.2 Å². The lowest BCUT2D eigenvalue weighted by molar-refractivity contribution is -0.161. The Morgan fingerprint density at radius 2 is 0.545 bits per heavy atom. The number of phosphoric ester groups is 2. The zero-order valence-electron chi connectivity index (χ0n) is 57.3. The first-order valence-corrected chi connectivity index (χ1v) is 38.7. The molecule has 6 atom stereocenters. The first kappa shape index (κ1) is 86.1. The van der Waals surface area contributed by atoms with E-state index in [4.69, 9.17) is 37.0 Å². The summed E-state index contributed by atoms with van der Waals surface area (Å²) >= 11 is 0. The van der Waals surface area contributed by atoms with Gasteiger partial charge in [-0.3, -0.25) is 37.3 Å². The molecule has 0 aliphatic heterocycles. The molecule has 0 bridgehead atoms. The Bertz CT molecular complexity index is 1750. The molecule has 522 valence electrons. The van der Waals surface area contributed by atoms with Gasteiger partial charge in [0, 0.05) is 25.7 Å². The fourth-order valence-corrected chi connectivity index (χ4v) is 11.9. The number of carbonyl (C=O) groups is 4. The van der Waals surface area contributed by atoms with Gasteiger partial charge in [-0.1, -0.05) is 287 Å². The lowest BCUT2D eigenvalue weighted by atomic mass is 10.00. The zero-order chi connectivity index (χ0) is 65.4. The minimum atomic E-state index is -4.95. The molecule has 4 unspecified atom stereocenters. The van der Waals surface area contributed by atoms with Crippen LogP contribution in [0.25, 0.3) is 0 Å². The average molecular weight is 1300 g/mol. The van der Waals surface area contributed by atoms with Crippen LogP contribution in [0.1, 0.15) is 338 Å². The third kappa shape index (κ3) is 61.6. The van der Waals surface area contributed by atoms with Gasteiger partial charge in [-0.25, -0.2) is 9.13 Å². The molecule has 0 aromatic heterocycles. The zero-order valence-corrected chi connectivity index (χ0v) is 59.1. The molecule has 88 heavy (non-hydrogen) atoms. The molecule has 0 radical (unpaired) electrons. The largest absolute Gasteiger partial charge is 0.472 e. The van der Waals surface area contributed by atoms with Crippen molar-refractivity contribution < 1.29 is 80.2 Å². The van der Waals surface area contributed by atoms with Crippen molar-refractivity contribution in [1.82, 2.24) is 0 Å². The van der Waals surface area contributed by atoms with Gasteiger partial charge < -0.3 is 33.8 Å². The molecule has 19 heteroatoms. The van der Waals surface area contributed by atoms with Gasteiger partial charge in [-0.2, -0.15) is 0 Å². The molecule has 0 aromatic carbocycles. The van der Waals surface area contributed by atoms with E-state index in [0.717, 1.165) is 120 Å². The maximum Gasteiger partial charge on any atom is 0.472 e. The van der Waals surface area contributed by atoms with Gasteiger partial charge in [-0.15, -0.1) is 0 Å². The quantitative estimate of drug-likeness (QED) is 0.0222. The van der Waals surface area contributed by atoms with Crippen molar-refractivity contribution in [3.05, 3.63) is 0 Å². The number of ether oxygens (including phenoxy) is 4. The van der Waals surface area contributed by atoms with Crippen molar-refractivity contribution in [3.63, 3.8) is 0 Å². The molecule has 3 N–H and O–H groups in total. The number of carbonyl (C=O) groups excluding carboxylic acids is 4. The van der Waals surface area contributed by atoms with Gasteiger partial charge in [0.25, 0.3) is 0 Å². The number of aliphatic hydroxyl groups excluding tert-OH is 1. The summed E-state index contributed by atoms with van der Waals surface area (Å²) in [5.74, 6) is 0.815. The number of phosphoric acid groups is 2. The molecule has 0 fully saturated rings. The van der Waals surface area contributed by atoms with Gasteiger partial charge >= 0.3 is 39.5 Å². The van der Waals surface area contributed by atoms with Crippen LogP contribution in [-0.4, -0.2) is 96.7 Å². The highest BCUT2D eigenvalue weighted by Gasteiger charge is 2.30. The highest BCUT2D eigenvalue weighted by Crippen LogP contribution is 2.45. The van der Waals surface area contributed by atoms with E-state index in [-0.39, 0.29) is 25.7 Å². The molecule has 0 spiro atoms. The average Bonchev–Trinajstić information content (AvgIpc) is 3.61. The minimum Gasteiger partial charge on any atom is -0.462 e. The van der Waals surface area contributed by atoms with Crippen LogP contribution in [0.3, 0.4) is 0 Å². The summed E-state index contributed by atoms with van der Waals surface area (Å²) in [5, 5.41) is 10.6. The van der Waals surface area contributed by atoms with Gasteiger partial charge in [-0.05, 0) is 49.4 Å². The number of aliphatic hydroxyl groups is 1. The number of hydrogen-bond acceptors (Lipinski definition) is 15. The topological polar surface area (TPSA) is 237 Å². The number of unbranched alkanes of at least 4 members (excludes halogenated alkanes) is 31. The van der Waals surface area contributed by atoms with Crippen molar-refractivity contribution in [2.75, 3.05) is 39.6 Å². The van der Waals surface area contributed by atoms with Crippen LogP contribution in [0, 0.1) is 23.7 Å². The summed E-state index contributed by atoms with van der Waals surface area (Å²) in [5.41, 5.74) is 0. The van der Waals surface area contributed by atoms with Crippen molar-refractivity contribution >= 4 is 39.5 Å². The van der Waals surface area contributed by atoms with Crippen LogP contribution in [0.15, 0.2) is 0 Å². The van der Waals surface area contributed by atoms with E-state index in [2.05, 4.69) is 55.4 Å². The molecule has 0 aliphatic carbocycles. The molecular weight excluding hydrogens is 1160 g/mol. The number of rotatable bonds is 66. The molecule has 0 saturated carbocycles. The second-order valence-corrected chi connectivity index (χ2v) is 29.5. The summed E-state index contributed by atoms with van der Waals surface area (Å²) in [6.45, 7) is 14.0. The fourth-order valence-electron chi connectivity index (χ4n) is 10.3. The maximum atomic E-state index is 13.0. The standard InChI is InChI=1S/C69H134O17P2/c1-9-62(8)48-40-32-27-28-34-42-50-67(72)80-56-65(85-68(73)51-43-35-24-17-15-13-11-10-12-14-16-21-29-37-45-59(2)3)58-84-88(77,78)82-54-63(70)53-81-87(75,76)83-57-64(55-79-66(71)49-41-33-26-20-23-31-39-47-61(6)7)86-69(74)52-44-36-25-19-18-22-30-38-46-60(4)5/h59-65,70H,9-58H2,1-8H3,(H,75,76)(H,77,78)/t62?,63?,64-,65-/m1/s1. The van der Waals surface area contributed by atoms with Crippen molar-refractivity contribution in [3.8, 4) is 0 Å². The predicted octanol–water partition coefficient (Wildman–Crippen LogP) is 19.3. The summed E-state index contributed by atoms with van der Waals surface area (Å²) in [6.07, 6.45) is 40.5. The van der Waals surface area contributed by atoms with E-state index < -0.39 is 97.5 Å². The summed E-state index contributed by atoms with van der Waals surface area (Å²) < 4.78 is 68.2. The highest BCUT2D eigenvalue weighted by molar-refractivity contribution is 7.47. The molecule has 17 nitrogen and oxygen atoms in total. The Hall–Kier alpha value is -1.94. The third-order valence-electron chi connectivity index (χ3n) is 16.2. The molecule has 0 heterocycles. The Morgan fingerprint density at radius 3 is 0.807 bits per heavy atom. The minimum absolute atomic E-state index is 0.103. The Morgan fingerprint density at radius 1 is 0.318 bits per heavy atom. The Kier molecular flexibility index (Phi) is 57.6. The summed E-state index contributed by atoms with van der Waals surface area (Å²) in [4.78, 5) is 72.4. The van der Waals surface area contributed by atoms with Crippen molar-refractivity contribution in [1.29, 1.82) is 0 Å².